The number of hydrogen-bond donors (Lipinski definition) is 3. The van der Waals surface area contributed by atoms with E-state index in [4.69, 9.17) is 14.7 Å². The Kier molecular flexibility index (Phi) is 19.4. The van der Waals surface area contributed by atoms with Crippen LogP contribution in [0.5, 0.6) is 0 Å². The number of aliphatic hydroxyl groups is 2. The average Bonchev–Trinajstić information content (AvgIpc) is 2.65. The highest BCUT2D eigenvalue weighted by Crippen LogP contribution is 2.42. The molecule has 0 fully saturated rings. The first-order valence-corrected chi connectivity index (χ1v) is 13.0. The Morgan fingerprint density at radius 2 is 1.11 bits per heavy atom. The maximum Gasteiger partial charge on any atom is 0.328 e. The SMILES string of the molecule is CCCCCCCCCCCCCCCCCCP(=O)(O)OCC(O)CO. The average molecular weight is 409 g/mol. The van der Waals surface area contributed by atoms with Crippen molar-refractivity contribution in [1.29, 1.82) is 0 Å². The number of hydrogen-bond acceptors (Lipinski definition) is 4. The lowest BCUT2D eigenvalue weighted by atomic mass is 10.0. The summed E-state index contributed by atoms with van der Waals surface area (Å²) in [6.45, 7) is 1.51. The molecule has 0 radical (unpaired) electrons. The van der Waals surface area contributed by atoms with Gasteiger partial charge < -0.3 is 19.6 Å². The monoisotopic (exact) mass is 408 g/mol. The van der Waals surface area contributed by atoms with Crippen molar-refractivity contribution in [2.45, 2.75) is 116 Å². The van der Waals surface area contributed by atoms with Crippen molar-refractivity contribution in [3.8, 4) is 0 Å². The molecule has 2 unspecified atom stereocenters. The molecule has 5 nitrogen and oxygen atoms in total. The van der Waals surface area contributed by atoms with E-state index in [1.54, 1.807) is 0 Å². The van der Waals surface area contributed by atoms with E-state index in [9.17, 15) is 9.46 Å². The Balaban J connectivity index is 3.25. The molecule has 6 heteroatoms. The van der Waals surface area contributed by atoms with Crippen LogP contribution >= 0.6 is 7.60 Å². The van der Waals surface area contributed by atoms with Gasteiger partial charge in [0.1, 0.15) is 6.10 Å². The Morgan fingerprint density at radius 1 is 0.741 bits per heavy atom. The zero-order chi connectivity index (χ0) is 20.2. The number of rotatable bonds is 21. The summed E-state index contributed by atoms with van der Waals surface area (Å²) in [6.07, 6.45) is 19.3. The lowest BCUT2D eigenvalue weighted by molar-refractivity contribution is 0.0496. The van der Waals surface area contributed by atoms with Gasteiger partial charge in [0.2, 0.25) is 0 Å². The first-order valence-electron chi connectivity index (χ1n) is 11.3. The molecule has 0 rings (SSSR count). The molecule has 0 heterocycles. The van der Waals surface area contributed by atoms with Crippen molar-refractivity contribution < 1.29 is 24.2 Å². The summed E-state index contributed by atoms with van der Waals surface area (Å²) < 4.78 is 16.5. The highest BCUT2D eigenvalue weighted by molar-refractivity contribution is 7.52. The molecule has 0 aliphatic carbocycles. The van der Waals surface area contributed by atoms with E-state index < -0.39 is 20.3 Å². The van der Waals surface area contributed by atoms with Crippen LogP contribution in [0.25, 0.3) is 0 Å². The second kappa shape index (κ2) is 19.4. The molecule has 0 aliphatic rings. The summed E-state index contributed by atoms with van der Waals surface area (Å²) in [5.74, 6) is 0. The third-order valence-electron chi connectivity index (χ3n) is 4.97. The largest absolute Gasteiger partial charge is 0.394 e. The van der Waals surface area contributed by atoms with Crippen molar-refractivity contribution in [1.82, 2.24) is 0 Å². The van der Waals surface area contributed by atoms with Gasteiger partial charge in [-0.2, -0.15) is 0 Å². The van der Waals surface area contributed by atoms with Crippen LogP contribution in [-0.4, -0.2) is 40.6 Å². The minimum absolute atomic E-state index is 0.129. The predicted octanol–water partition coefficient (Wildman–Crippen LogP) is 5.80. The summed E-state index contributed by atoms with van der Waals surface area (Å²) in [6, 6.07) is 0. The molecule has 0 aromatic carbocycles. The Morgan fingerprint density at radius 3 is 1.48 bits per heavy atom. The molecular weight excluding hydrogens is 363 g/mol. The molecule has 0 amide bonds. The van der Waals surface area contributed by atoms with Crippen molar-refractivity contribution in [2.24, 2.45) is 0 Å². The van der Waals surface area contributed by atoms with Crippen LogP contribution in [0.4, 0.5) is 0 Å². The van der Waals surface area contributed by atoms with E-state index in [1.807, 2.05) is 0 Å². The summed E-state index contributed by atoms with van der Waals surface area (Å²) >= 11 is 0. The van der Waals surface area contributed by atoms with Gasteiger partial charge in [0.05, 0.1) is 13.2 Å². The van der Waals surface area contributed by atoms with Gasteiger partial charge in [-0.05, 0) is 6.42 Å². The van der Waals surface area contributed by atoms with Crippen LogP contribution in [0.3, 0.4) is 0 Å². The van der Waals surface area contributed by atoms with Gasteiger partial charge in [0, 0.05) is 6.16 Å². The lowest BCUT2D eigenvalue weighted by Gasteiger charge is -2.14. The highest BCUT2D eigenvalue weighted by atomic mass is 31.2. The summed E-state index contributed by atoms with van der Waals surface area (Å²) in [5, 5.41) is 17.8. The van der Waals surface area contributed by atoms with E-state index in [-0.39, 0.29) is 12.8 Å². The Hall–Kier alpha value is 0.0700. The molecule has 164 valence electrons. The summed E-state index contributed by atoms with van der Waals surface area (Å²) in [4.78, 5) is 9.61. The second-order valence-corrected chi connectivity index (χ2v) is 9.78. The van der Waals surface area contributed by atoms with Gasteiger partial charge in [-0.3, -0.25) is 4.57 Å². The first kappa shape index (κ1) is 27.1. The lowest BCUT2D eigenvalue weighted by Crippen LogP contribution is -2.18. The fourth-order valence-corrected chi connectivity index (χ4v) is 4.34. The zero-order valence-electron chi connectivity index (χ0n) is 17.6. The fraction of sp³-hybridized carbons (Fsp3) is 1.00. The zero-order valence-corrected chi connectivity index (χ0v) is 18.5. The number of aliphatic hydroxyl groups excluding tert-OH is 2. The van der Waals surface area contributed by atoms with Crippen molar-refractivity contribution in [2.75, 3.05) is 19.4 Å². The van der Waals surface area contributed by atoms with Crippen LogP contribution < -0.4 is 0 Å². The minimum atomic E-state index is -3.62. The van der Waals surface area contributed by atoms with Gasteiger partial charge in [-0.1, -0.05) is 103 Å². The summed E-state index contributed by atoms with van der Waals surface area (Å²) in [7, 11) is -3.62. The number of unbranched alkanes of at least 4 members (excludes halogenated alkanes) is 15. The minimum Gasteiger partial charge on any atom is -0.394 e. The molecule has 0 spiro atoms. The van der Waals surface area contributed by atoms with Crippen LogP contribution in [0.2, 0.25) is 0 Å². The van der Waals surface area contributed by atoms with E-state index >= 15 is 0 Å². The first-order chi connectivity index (χ1) is 13.0. The molecule has 0 saturated carbocycles. The molecule has 0 aliphatic heterocycles. The highest BCUT2D eigenvalue weighted by Gasteiger charge is 2.20. The molecular formula is C21H45O5P. The van der Waals surface area contributed by atoms with Gasteiger partial charge in [0.15, 0.2) is 0 Å². The molecule has 2 atom stereocenters. The molecule has 0 aromatic heterocycles. The standard InChI is InChI=1S/C21H45O5P/c1-2-3-4-5-6-7-8-9-10-11-12-13-14-15-16-17-18-27(24,25)26-20-21(23)19-22/h21-23H,2-20H2,1H3,(H,24,25). The quantitative estimate of drug-likeness (QED) is 0.165. The molecule has 0 bridgehead atoms. The summed E-state index contributed by atoms with van der Waals surface area (Å²) in [5.41, 5.74) is 0. The van der Waals surface area contributed by atoms with E-state index in [0.29, 0.717) is 6.42 Å². The van der Waals surface area contributed by atoms with Gasteiger partial charge >= 0.3 is 7.60 Å². The van der Waals surface area contributed by atoms with Crippen LogP contribution in [0, 0.1) is 0 Å². The molecule has 3 N–H and O–H groups in total. The van der Waals surface area contributed by atoms with E-state index in [1.165, 1.54) is 83.5 Å². The Labute approximate surface area is 167 Å². The third kappa shape index (κ3) is 20.6. The topological polar surface area (TPSA) is 87.0 Å². The second-order valence-electron chi connectivity index (χ2n) is 7.80. The van der Waals surface area contributed by atoms with Gasteiger partial charge in [0.25, 0.3) is 0 Å². The van der Waals surface area contributed by atoms with Crippen molar-refractivity contribution in [3.05, 3.63) is 0 Å². The molecule has 0 saturated heterocycles. The predicted molar refractivity (Wildman–Crippen MR) is 113 cm³/mol. The van der Waals surface area contributed by atoms with E-state index in [0.717, 1.165) is 12.8 Å². The van der Waals surface area contributed by atoms with Gasteiger partial charge in [-0.25, -0.2) is 0 Å². The fourth-order valence-electron chi connectivity index (χ4n) is 3.18. The van der Waals surface area contributed by atoms with Crippen molar-refractivity contribution >= 4 is 7.60 Å². The molecule has 27 heavy (non-hydrogen) atoms. The maximum atomic E-state index is 11.7. The Bertz CT molecular complexity index is 351. The van der Waals surface area contributed by atoms with Crippen LogP contribution in [0.15, 0.2) is 0 Å². The third-order valence-corrected chi connectivity index (χ3v) is 6.41. The van der Waals surface area contributed by atoms with Gasteiger partial charge in [-0.15, -0.1) is 0 Å². The maximum absolute atomic E-state index is 11.7. The molecule has 0 aromatic rings. The normalized spacial score (nSPS) is 15.0. The van der Waals surface area contributed by atoms with Crippen LogP contribution in [0.1, 0.15) is 110 Å². The smallest absolute Gasteiger partial charge is 0.328 e. The van der Waals surface area contributed by atoms with E-state index in [2.05, 4.69) is 6.92 Å². The van der Waals surface area contributed by atoms with Crippen molar-refractivity contribution in [3.63, 3.8) is 0 Å². The van der Waals surface area contributed by atoms with Crippen LogP contribution in [-0.2, 0) is 9.09 Å².